The van der Waals surface area contributed by atoms with Crippen LogP contribution in [0.4, 0.5) is 5.69 Å². The molecule has 0 aliphatic rings. The highest BCUT2D eigenvalue weighted by molar-refractivity contribution is 7.09. The summed E-state index contributed by atoms with van der Waals surface area (Å²) in [4.78, 5) is 18.5. The van der Waals surface area contributed by atoms with Crippen LogP contribution in [0.5, 0.6) is 0 Å². The normalized spacial score (nSPS) is 12.2. The highest BCUT2D eigenvalue weighted by atomic mass is 32.1. The van der Waals surface area contributed by atoms with Gasteiger partial charge >= 0.3 is 0 Å². The number of nitrogen functional groups attached to an aromatic ring is 1. The van der Waals surface area contributed by atoms with Gasteiger partial charge in [0.2, 0.25) is 5.91 Å². The second-order valence-corrected chi connectivity index (χ2v) is 6.01. The Morgan fingerprint density at radius 1 is 1.50 bits per heavy atom. The van der Waals surface area contributed by atoms with Gasteiger partial charge in [-0.05, 0) is 31.5 Å². The lowest BCUT2D eigenvalue weighted by atomic mass is 9.99. The largest absolute Gasteiger partial charge is 0.399 e. The fourth-order valence-corrected chi connectivity index (χ4v) is 2.71. The zero-order valence-corrected chi connectivity index (χ0v) is 12.8. The van der Waals surface area contributed by atoms with Gasteiger partial charge < -0.3 is 10.6 Å². The first-order valence-corrected chi connectivity index (χ1v) is 7.36. The summed E-state index contributed by atoms with van der Waals surface area (Å²) < 4.78 is 0. The molecule has 0 aliphatic carbocycles. The van der Waals surface area contributed by atoms with Crippen molar-refractivity contribution in [3.8, 4) is 0 Å². The first-order chi connectivity index (χ1) is 9.47. The molecular formula is C15H19N3OS. The molecule has 2 aromatic rings. The van der Waals surface area contributed by atoms with Crippen molar-refractivity contribution in [2.45, 2.75) is 26.3 Å². The van der Waals surface area contributed by atoms with E-state index in [1.165, 1.54) is 0 Å². The van der Waals surface area contributed by atoms with Crippen LogP contribution in [0.15, 0.2) is 29.6 Å². The predicted octanol–water partition coefficient (Wildman–Crippen LogP) is 2.80. The summed E-state index contributed by atoms with van der Waals surface area (Å²) in [6.07, 6.45) is 0. The number of benzene rings is 1. The lowest BCUT2D eigenvalue weighted by Gasteiger charge is -2.21. The van der Waals surface area contributed by atoms with Gasteiger partial charge in [-0.1, -0.05) is 12.1 Å². The minimum Gasteiger partial charge on any atom is -0.399 e. The van der Waals surface area contributed by atoms with Crippen molar-refractivity contribution in [1.29, 1.82) is 0 Å². The molecule has 1 heterocycles. The number of aromatic nitrogens is 1. The van der Waals surface area contributed by atoms with E-state index in [1.54, 1.807) is 23.3 Å². The van der Waals surface area contributed by atoms with Crippen LogP contribution in [0.2, 0.25) is 0 Å². The molecule has 0 spiro atoms. The van der Waals surface area contributed by atoms with Crippen molar-refractivity contribution in [2.75, 3.05) is 12.8 Å². The van der Waals surface area contributed by atoms with Crippen LogP contribution in [0, 0.1) is 6.92 Å². The lowest BCUT2D eigenvalue weighted by molar-refractivity contribution is -0.131. The zero-order chi connectivity index (χ0) is 14.7. The molecule has 1 aromatic carbocycles. The van der Waals surface area contributed by atoms with Crippen molar-refractivity contribution in [2.24, 2.45) is 0 Å². The third-order valence-corrected chi connectivity index (χ3v) is 4.05. The van der Waals surface area contributed by atoms with Crippen LogP contribution >= 0.6 is 11.3 Å². The Morgan fingerprint density at radius 3 is 2.85 bits per heavy atom. The number of nitrogens with zero attached hydrogens (tertiary/aromatic N) is 2. The molecule has 2 rings (SSSR count). The summed E-state index contributed by atoms with van der Waals surface area (Å²) in [6.45, 7) is 4.40. The maximum absolute atomic E-state index is 12.4. The van der Waals surface area contributed by atoms with E-state index >= 15 is 0 Å². The van der Waals surface area contributed by atoms with Crippen LogP contribution in [0.25, 0.3) is 0 Å². The molecule has 20 heavy (non-hydrogen) atoms. The van der Waals surface area contributed by atoms with Crippen molar-refractivity contribution in [1.82, 2.24) is 9.88 Å². The van der Waals surface area contributed by atoms with Crippen molar-refractivity contribution >= 4 is 22.9 Å². The van der Waals surface area contributed by atoms with Gasteiger partial charge in [0.15, 0.2) is 0 Å². The van der Waals surface area contributed by atoms with E-state index in [0.717, 1.165) is 16.3 Å². The molecule has 0 radical (unpaired) electrons. The number of hydrogen-bond acceptors (Lipinski definition) is 4. The quantitative estimate of drug-likeness (QED) is 0.880. The zero-order valence-electron chi connectivity index (χ0n) is 12.0. The molecule has 0 bridgehead atoms. The summed E-state index contributed by atoms with van der Waals surface area (Å²) in [5.74, 6) is -0.135. The van der Waals surface area contributed by atoms with E-state index in [4.69, 9.17) is 5.73 Å². The highest BCUT2D eigenvalue weighted by Gasteiger charge is 2.20. The van der Waals surface area contributed by atoms with E-state index in [9.17, 15) is 4.79 Å². The van der Waals surface area contributed by atoms with Crippen molar-refractivity contribution in [3.63, 3.8) is 0 Å². The second kappa shape index (κ2) is 6.05. The van der Waals surface area contributed by atoms with Gasteiger partial charge in [-0.25, -0.2) is 4.98 Å². The molecule has 5 heteroatoms. The number of carbonyl (C=O) groups excluding carboxylic acids is 1. The van der Waals surface area contributed by atoms with Gasteiger partial charge in [-0.3, -0.25) is 4.79 Å². The monoisotopic (exact) mass is 289 g/mol. The second-order valence-electron chi connectivity index (χ2n) is 4.94. The molecule has 1 aromatic heterocycles. The van der Waals surface area contributed by atoms with E-state index < -0.39 is 0 Å². The maximum atomic E-state index is 12.4. The number of thiazole rings is 1. The number of carbonyl (C=O) groups is 1. The number of amides is 1. The molecule has 4 nitrogen and oxygen atoms in total. The summed E-state index contributed by atoms with van der Waals surface area (Å²) in [6, 6.07) is 7.48. The fourth-order valence-electron chi connectivity index (χ4n) is 2.10. The minimum atomic E-state index is -0.205. The Bertz CT molecular complexity index is 609. The number of likely N-dealkylation sites (N-methyl/N-ethyl adjacent to an activating group) is 1. The summed E-state index contributed by atoms with van der Waals surface area (Å²) in [5, 5.41) is 3.01. The molecule has 2 N–H and O–H groups in total. The molecule has 0 aliphatic heterocycles. The lowest BCUT2D eigenvalue weighted by Crippen LogP contribution is -2.30. The third-order valence-electron chi connectivity index (χ3n) is 3.22. The Morgan fingerprint density at radius 2 is 2.25 bits per heavy atom. The average molecular weight is 289 g/mol. The molecular weight excluding hydrogens is 270 g/mol. The SMILES string of the molecule is Cc1nc(CN(C)C(=O)C(C)c2cccc(N)c2)cs1. The third kappa shape index (κ3) is 3.36. The van der Waals surface area contributed by atoms with Crippen LogP contribution < -0.4 is 5.73 Å². The molecule has 0 saturated carbocycles. The Balaban J connectivity index is 2.06. The van der Waals surface area contributed by atoms with Gasteiger partial charge in [0.1, 0.15) is 0 Å². The molecule has 1 atom stereocenters. The van der Waals surface area contributed by atoms with Crippen molar-refractivity contribution in [3.05, 3.63) is 45.9 Å². The van der Waals surface area contributed by atoms with Crippen LogP contribution in [-0.2, 0) is 11.3 Å². The number of aryl methyl sites for hydroxylation is 1. The summed E-state index contributed by atoms with van der Waals surface area (Å²) in [5.41, 5.74) is 8.32. The van der Waals surface area contributed by atoms with Crippen LogP contribution in [0.3, 0.4) is 0 Å². The fraction of sp³-hybridized carbons (Fsp3) is 0.333. The van der Waals surface area contributed by atoms with E-state index in [0.29, 0.717) is 12.2 Å². The first kappa shape index (κ1) is 14.5. The molecule has 1 unspecified atom stereocenters. The highest BCUT2D eigenvalue weighted by Crippen LogP contribution is 2.20. The number of hydrogen-bond donors (Lipinski definition) is 1. The standard InChI is InChI=1S/C15H19N3OS/c1-10(12-5-4-6-13(16)7-12)15(19)18(3)8-14-9-20-11(2)17-14/h4-7,9-10H,8,16H2,1-3H3. The first-order valence-electron chi connectivity index (χ1n) is 6.49. The molecule has 0 saturated heterocycles. The van der Waals surface area contributed by atoms with Gasteiger partial charge in [-0.2, -0.15) is 0 Å². The number of anilines is 1. The smallest absolute Gasteiger partial charge is 0.229 e. The van der Waals surface area contributed by atoms with Crippen molar-refractivity contribution < 1.29 is 4.79 Å². The van der Waals surface area contributed by atoms with E-state index in [2.05, 4.69) is 4.98 Å². The maximum Gasteiger partial charge on any atom is 0.229 e. The average Bonchev–Trinajstić information content (AvgIpc) is 2.82. The topological polar surface area (TPSA) is 59.2 Å². The van der Waals surface area contributed by atoms with Gasteiger partial charge in [0, 0.05) is 18.1 Å². The summed E-state index contributed by atoms with van der Waals surface area (Å²) >= 11 is 1.60. The van der Waals surface area contributed by atoms with E-state index in [1.807, 2.05) is 43.5 Å². The molecule has 0 fully saturated rings. The number of rotatable bonds is 4. The van der Waals surface area contributed by atoms with Gasteiger partial charge in [-0.15, -0.1) is 11.3 Å². The van der Waals surface area contributed by atoms with E-state index in [-0.39, 0.29) is 11.8 Å². The molecule has 106 valence electrons. The Hall–Kier alpha value is -1.88. The number of nitrogens with two attached hydrogens (primary N) is 1. The Kier molecular flexibility index (Phi) is 4.39. The minimum absolute atomic E-state index is 0.0706. The predicted molar refractivity (Wildman–Crippen MR) is 82.6 cm³/mol. The van der Waals surface area contributed by atoms with Crippen LogP contribution in [-0.4, -0.2) is 22.8 Å². The Labute approximate surface area is 123 Å². The van der Waals surface area contributed by atoms with Gasteiger partial charge in [0.25, 0.3) is 0 Å². The van der Waals surface area contributed by atoms with Crippen LogP contribution in [0.1, 0.15) is 29.1 Å². The van der Waals surface area contributed by atoms with Gasteiger partial charge in [0.05, 0.1) is 23.2 Å². The summed E-state index contributed by atoms with van der Waals surface area (Å²) in [7, 11) is 1.81. The molecule has 1 amide bonds.